The molecule has 15 nitrogen and oxygen atoms in total. The molecular weight excluding hydrogens is 538 g/mol. The Morgan fingerprint density at radius 3 is 2.12 bits per heavy atom. The van der Waals surface area contributed by atoms with Crippen LogP contribution in [0, 0.1) is 0 Å². The fourth-order valence-electron chi connectivity index (χ4n) is 4.14. The highest BCUT2D eigenvalue weighted by Crippen LogP contribution is 2.19. The third-order valence-electron chi connectivity index (χ3n) is 6.34. The quantitative estimate of drug-likeness (QED) is 0.0922. The van der Waals surface area contributed by atoms with Crippen LogP contribution in [0.3, 0.4) is 0 Å². The van der Waals surface area contributed by atoms with E-state index in [1.54, 1.807) is 6.20 Å². The Labute approximate surface area is 235 Å². The lowest BCUT2D eigenvalue weighted by atomic mass is 10.0. The van der Waals surface area contributed by atoms with Crippen LogP contribution in [-0.4, -0.2) is 81.5 Å². The molecule has 4 unspecified atom stereocenters. The second-order valence-corrected chi connectivity index (χ2v) is 9.58. The number of benzene rings is 1. The summed E-state index contributed by atoms with van der Waals surface area (Å²) in [6.07, 6.45) is 1.43. The van der Waals surface area contributed by atoms with Crippen molar-refractivity contribution in [1.82, 2.24) is 20.9 Å². The van der Waals surface area contributed by atoms with Crippen LogP contribution in [0.1, 0.15) is 44.1 Å². The van der Waals surface area contributed by atoms with Gasteiger partial charge in [0, 0.05) is 23.5 Å². The first-order chi connectivity index (χ1) is 19.4. The molecule has 0 aliphatic rings. The van der Waals surface area contributed by atoms with E-state index in [2.05, 4.69) is 20.9 Å². The first-order valence-corrected chi connectivity index (χ1v) is 13.1. The molecule has 0 aliphatic carbocycles. The van der Waals surface area contributed by atoms with Gasteiger partial charge in [-0.3, -0.25) is 24.0 Å². The van der Waals surface area contributed by atoms with Crippen LogP contribution in [0.25, 0.3) is 10.9 Å². The van der Waals surface area contributed by atoms with Crippen molar-refractivity contribution in [3.63, 3.8) is 0 Å². The van der Waals surface area contributed by atoms with Gasteiger partial charge in [0.2, 0.25) is 23.6 Å². The Balaban J connectivity index is 2.14. The first-order valence-electron chi connectivity index (χ1n) is 13.1. The van der Waals surface area contributed by atoms with Crippen LogP contribution in [0.5, 0.6) is 0 Å². The number of carboxylic acids is 2. The van der Waals surface area contributed by atoms with Crippen molar-refractivity contribution in [2.75, 3.05) is 6.54 Å². The van der Waals surface area contributed by atoms with Gasteiger partial charge in [0.1, 0.15) is 18.1 Å². The molecule has 0 radical (unpaired) electrons. The topological polar surface area (TPSA) is 273 Å². The number of aromatic amines is 1. The van der Waals surface area contributed by atoms with Crippen LogP contribution in [-0.2, 0) is 35.2 Å². The largest absolute Gasteiger partial charge is 0.481 e. The van der Waals surface area contributed by atoms with Crippen molar-refractivity contribution in [3.8, 4) is 0 Å². The molecule has 0 saturated carbocycles. The van der Waals surface area contributed by atoms with Crippen LogP contribution in [0.15, 0.2) is 30.5 Å². The van der Waals surface area contributed by atoms with Crippen molar-refractivity contribution in [2.24, 2.45) is 17.2 Å². The lowest BCUT2D eigenvalue weighted by Crippen LogP contribution is -2.57. The molecule has 1 heterocycles. The zero-order valence-corrected chi connectivity index (χ0v) is 22.4. The fraction of sp³-hybridized carbons (Fsp3) is 0.462. The van der Waals surface area contributed by atoms with E-state index in [1.807, 2.05) is 24.3 Å². The number of primary amides is 1. The zero-order chi connectivity index (χ0) is 30.5. The zero-order valence-electron chi connectivity index (χ0n) is 22.4. The second kappa shape index (κ2) is 15.9. The molecule has 0 aliphatic heterocycles. The van der Waals surface area contributed by atoms with Gasteiger partial charge >= 0.3 is 11.9 Å². The smallest absolute Gasteiger partial charge is 0.326 e. The average molecular weight is 576 g/mol. The summed E-state index contributed by atoms with van der Waals surface area (Å²) in [6.45, 7) is 0.328. The molecule has 0 saturated heterocycles. The van der Waals surface area contributed by atoms with Gasteiger partial charge in [0.05, 0.1) is 12.5 Å². The molecule has 0 fully saturated rings. The normalized spacial score (nSPS) is 13.9. The summed E-state index contributed by atoms with van der Waals surface area (Å²) in [4.78, 5) is 76.0. The van der Waals surface area contributed by atoms with E-state index in [-0.39, 0.29) is 25.7 Å². The molecule has 2 aromatic rings. The van der Waals surface area contributed by atoms with E-state index in [0.29, 0.717) is 19.4 Å². The SMILES string of the molecule is NCCCCC(NC(=O)C(N)Cc1c[nH]c2ccccc12)C(=O)NC(CC(=O)O)C(=O)NC(CCC(N)=O)C(=O)O. The van der Waals surface area contributed by atoms with Crippen LogP contribution in [0.2, 0.25) is 0 Å². The number of H-pyrrole nitrogens is 1. The molecule has 1 aromatic carbocycles. The number of fused-ring (bicyclic) bond motifs is 1. The Morgan fingerprint density at radius 1 is 0.854 bits per heavy atom. The number of nitrogens with two attached hydrogens (primary N) is 3. The van der Waals surface area contributed by atoms with Crippen molar-refractivity contribution >= 4 is 46.5 Å². The number of rotatable bonds is 18. The standard InChI is InChI=1S/C26H37N7O8/c27-10-4-3-7-18(31-23(37)16(28)11-14-13-30-17-6-2-1-5-15(14)17)24(38)33-20(12-22(35)36)25(39)32-19(26(40)41)8-9-21(29)34/h1-2,5-6,13,16,18-20,30H,3-4,7-12,27-28H2,(H2,29,34)(H,31,37)(H,32,39)(H,33,38)(H,35,36)(H,40,41). The van der Waals surface area contributed by atoms with E-state index < -0.39 is 66.2 Å². The summed E-state index contributed by atoms with van der Waals surface area (Å²) < 4.78 is 0. The van der Waals surface area contributed by atoms with Crippen molar-refractivity contribution in [1.29, 1.82) is 0 Å². The van der Waals surface area contributed by atoms with E-state index in [1.165, 1.54) is 0 Å². The number of carbonyl (C=O) groups is 6. The molecule has 0 bridgehead atoms. The monoisotopic (exact) mass is 575 g/mol. The Bertz CT molecular complexity index is 1250. The number of nitrogens with one attached hydrogen (secondary N) is 4. The van der Waals surface area contributed by atoms with Gasteiger partial charge in [-0.15, -0.1) is 0 Å². The highest BCUT2D eigenvalue weighted by atomic mass is 16.4. The summed E-state index contributed by atoms with van der Waals surface area (Å²) in [7, 11) is 0. The van der Waals surface area contributed by atoms with Crippen molar-refractivity contribution in [2.45, 2.75) is 69.1 Å². The fourth-order valence-corrected chi connectivity index (χ4v) is 4.14. The number of carbonyl (C=O) groups excluding carboxylic acids is 4. The average Bonchev–Trinajstić information content (AvgIpc) is 3.31. The molecule has 224 valence electrons. The molecule has 15 heteroatoms. The van der Waals surface area contributed by atoms with Gasteiger partial charge in [0.15, 0.2) is 0 Å². The molecular formula is C26H37N7O8. The van der Waals surface area contributed by atoms with Gasteiger partial charge in [0.25, 0.3) is 0 Å². The molecule has 41 heavy (non-hydrogen) atoms. The number of para-hydroxylation sites is 1. The summed E-state index contributed by atoms with van der Waals surface area (Å²) in [5.74, 6) is -6.31. The number of amides is 4. The summed E-state index contributed by atoms with van der Waals surface area (Å²) in [6, 6.07) is 2.03. The summed E-state index contributed by atoms with van der Waals surface area (Å²) in [5, 5.41) is 26.5. The van der Waals surface area contributed by atoms with Gasteiger partial charge in [-0.05, 0) is 50.3 Å². The minimum absolute atomic E-state index is 0.117. The van der Waals surface area contributed by atoms with Gasteiger partial charge in [-0.2, -0.15) is 0 Å². The number of carboxylic acid groups (broad SMARTS) is 2. The predicted molar refractivity (Wildman–Crippen MR) is 147 cm³/mol. The van der Waals surface area contributed by atoms with E-state index >= 15 is 0 Å². The number of hydrogen-bond acceptors (Lipinski definition) is 8. The van der Waals surface area contributed by atoms with Crippen molar-refractivity contribution < 1.29 is 39.0 Å². The minimum Gasteiger partial charge on any atom is -0.481 e. The number of hydrogen-bond donors (Lipinski definition) is 9. The van der Waals surface area contributed by atoms with Crippen LogP contribution < -0.4 is 33.2 Å². The Kier molecular flexibility index (Phi) is 12.7. The molecule has 4 amide bonds. The second-order valence-electron chi connectivity index (χ2n) is 9.58. The maximum Gasteiger partial charge on any atom is 0.326 e. The number of unbranched alkanes of at least 4 members (excludes halogenated alkanes) is 1. The number of aliphatic carboxylic acids is 2. The highest BCUT2D eigenvalue weighted by molar-refractivity contribution is 5.96. The maximum atomic E-state index is 13.2. The third kappa shape index (κ3) is 10.5. The molecule has 2 rings (SSSR count). The first kappa shape index (κ1) is 32.7. The lowest BCUT2D eigenvalue weighted by molar-refractivity contribution is -0.143. The van der Waals surface area contributed by atoms with E-state index in [0.717, 1.165) is 16.5 Å². The van der Waals surface area contributed by atoms with Gasteiger partial charge < -0.3 is 48.3 Å². The molecule has 1 aromatic heterocycles. The summed E-state index contributed by atoms with van der Waals surface area (Å²) in [5.41, 5.74) is 18.4. The van der Waals surface area contributed by atoms with Crippen molar-refractivity contribution in [3.05, 3.63) is 36.0 Å². The third-order valence-corrected chi connectivity index (χ3v) is 6.34. The number of aromatic nitrogens is 1. The Hall–Kier alpha value is -4.50. The predicted octanol–water partition coefficient (Wildman–Crippen LogP) is -1.55. The minimum atomic E-state index is -1.68. The van der Waals surface area contributed by atoms with E-state index in [4.69, 9.17) is 17.2 Å². The Morgan fingerprint density at radius 2 is 1.49 bits per heavy atom. The summed E-state index contributed by atoms with van der Waals surface area (Å²) >= 11 is 0. The maximum absolute atomic E-state index is 13.2. The highest BCUT2D eigenvalue weighted by Gasteiger charge is 2.31. The molecule has 12 N–H and O–H groups in total. The molecule has 4 atom stereocenters. The lowest BCUT2D eigenvalue weighted by Gasteiger charge is -2.24. The van der Waals surface area contributed by atoms with Crippen LogP contribution >= 0.6 is 0 Å². The van der Waals surface area contributed by atoms with Gasteiger partial charge in [-0.1, -0.05) is 18.2 Å². The molecule has 0 spiro atoms. The van der Waals surface area contributed by atoms with Crippen LogP contribution in [0.4, 0.5) is 0 Å². The van der Waals surface area contributed by atoms with Gasteiger partial charge in [-0.25, -0.2) is 4.79 Å². The van der Waals surface area contributed by atoms with E-state index in [9.17, 15) is 39.0 Å².